The second-order valence-electron chi connectivity index (χ2n) is 2.93. The zero-order valence-electron chi connectivity index (χ0n) is 6.22. The van der Waals surface area contributed by atoms with Crippen molar-refractivity contribution in [3.8, 4) is 0 Å². The minimum atomic E-state index is -2.21. The fourth-order valence-electron chi connectivity index (χ4n) is 1.44. The van der Waals surface area contributed by atoms with E-state index in [1.807, 2.05) is 0 Å². The summed E-state index contributed by atoms with van der Waals surface area (Å²) in [6.07, 6.45) is 6.25. The molecule has 11 heavy (non-hydrogen) atoms. The highest BCUT2D eigenvalue weighted by Gasteiger charge is 2.18. The van der Waals surface area contributed by atoms with Gasteiger partial charge in [0.2, 0.25) is 0 Å². The van der Waals surface area contributed by atoms with Crippen molar-refractivity contribution in [1.29, 1.82) is 0 Å². The van der Waals surface area contributed by atoms with Gasteiger partial charge in [-0.3, -0.25) is 5.09 Å². The SMILES string of the molecule is S=P(Cl)(Cl)NC1CCCCC1. The molecule has 0 bridgehead atoms. The van der Waals surface area contributed by atoms with Gasteiger partial charge in [0.25, 0.3) is 0 Å². The number of halogens is 2. The lowest BCUT2D eigenvalue weighted by molar-refractivity contribution is 0.422. The van der Waals surface area contributed by atoms with Crippen LogP contribution in [0.4, 0.5) is 0 Å². The molecule has 0 radical (unpaired) electrons. The Labute approximate surface area is 82.5 Å². The average molecular weight is 232 g/mol. The van der Waals surface area contributed by atoms with Gasteiger partial charge in [-0.2, -0.15) is 0 Å². The summed E-state index contributed by atoms with van der Waals surface area (Å²) in [6.45, 7) is 0. The summed E-state index contributed by atoms with van der Waals surface area (Å²) < 4.78 is 0. The molecule has 0 aliphatic heterocycles. The molecule has 0 spiro atoms. The van der Waals surface area contributed by atoms with E-state index in [0.717, 1.165) is 0 Å². The molecule has 1 saturated carbocycles. The van der Waals surface area contributed by atoms with Gasteiger partial charge in [-0.05, 0) is 24.6 Å². The summed E-state index contributed by atoms with van der Waals surface area (Å²) >= 11 is 16.4. The first-order chi connectivity index (χ1) is 5.08. The maximum atomic E-state index is 5.75. The summed E-state index contributed by atoms with van der Waals surface area (Å²) in [5.74, 6) is 0. The molecule has 1 N–H and O–H groups in total. The van der Waals surface area contributed by atoms with Crippen LogP contribution in [0.2, 0.25) is 0 Å². The molecule has 1 rings (SSSR count). The van der Waals surface area contributed by atoms with Crippen LogP contribution in [0.3, 0.4) is 0 Å². The molecule has 0 heterocycles. The highest BCUT2D eigenvalue weighted by molar-refractivity contribution is 8.38. The molecule has 1 nitrogen and oxygen atoms in total. The van der Waals surface area contributed by atoms with E-state index in [9.17, 15) is 0 Å². The van der Waals surface area contributed by atoms with Gasteiger partial charge in [0.05, 0.1) is 0 Å². The second-order valence-corrected chi connectivity index (χ2v) is 10.5. The van der Waals surface area contributed by atoms with Crippen LogP contribution >= 0.6 is 27.4 Å². The Morgan fingerprint density at radius 1 is 1.18 bits per heavy atom. The summed E-state index contributed by atoms with van der Waals surface area (Å²) in [6, 6.07) is 0.476. The Hall–Kier alpha value is 1.19. The van der Waals surface area contributed by atoms with Crippen molar-refractivity contribution in [3.63, 3.8) is 0 Å². The fraction of sp³-hybridized carbons (Fsp3) is 1.00. The predicted molar refractivity (Wildman–Crippen MR) is 56.0 cm³/mol. The first kappa shape index (κ1) is 10.3. The maximum Gasteiger partial charge on any atom is 0.181 e. The first-order valence-electron chi connectivity index (χ1n) is 3.85. The third-order valence-corrected chi connectivity index (χ3v) is 3.51. The number of hydrogen-bond acceptors (Lipinski definition) is 1. The van der Waals surface area contributed by atoms with Crippen molar-refractivity contribution in [2.45, 2.75) is 38.1 Å². The monoisotopic (exact) mass is 231 g/mol. The minimum absolute atomic E-state index is 0.476. The second kappa shape index (κ2) is 4.43. The zero-order valence-corrected chi connectivity index (χ0v) is 9.45. The van der Waals surface area contributed by atoms with Gasteiger partial charge in [-0.15, -0.1) is 0 Å². The van der Waals surface area contributed by atoms with Crippen LogP contribution in [0, 0.1) is 0 Å². The standard InChI is InChI=1S/C6H12Cl2NPS/c7-10(8,11)9-6-4-2-1-3-5-6/h6H,1-5H2,(H,9,11). The lowest BCUT2D eigenvalue weighted by Crippen LogP contribution is -2.25. The van der Waals surface area contributed by atoms with Crippen molar-refractivity contribution >= 4 is 39.2 Å². The summed E-state index contributed by atoms with van der Waals surface area (Å²) in [5, 5.41) is 3.11. The summed E-state index contributed by atoms with van der Waals surface area (Å²) in [4.78, 5) is -2.21. The smallest absolute Gasteiger partial charge is 0.181 e. The van der Waals surface area contributed by atoms with Gasteiger partial charge in [0.15, 0.2) is 4.89 Å². The lowest BCUT2D eigenvalue weighted by Gasteiger charge is -2.24. The van der Waals surface area contributed by atoms with Crippen molar-refractivity contribution < 1.29 is 0 Å². The predicted octanol–water partition coefficient (Wildman–Crippen LogP) is 3.61. The van der Waals surface area contributed by atoms with Crippen LogP contribution in [-0.4, -0.2) is 6.04 Å². The largest absolute Gasteiger partial charge is 0.262 e. The average Bonchev–Trinajstić information content (AvgIpc) is 1.85. The third kappa shape index (κ3) is 4.69. The van der Waals surface area contributed by atoms with Crippen LogP contribution in [-0.2, 0) is 11.8 Å². The van der Waals surface area contributed by atoms with Crippen LogP contribution < -0.4 is 5.09 Å². The van der Waals surface area contributed by atoms with Crippen LogP contribution in [0.25, 0.3) is 0 Å². The molecule has 1 aliphatic rings. The van der Waals surface area contributed by atoms with E-state index in [1.165, 1.54) is 32.1 Å². The molecule has 0 amide bonds. The Morgan fingerprint density at radius 2 is 1.73 bits per heavy atom. The third-order valence-electron chi connectivity index (χ3n) is 1.94. The number of rotatable bonds is 2. The van der Waals surface area contributed by atoms with Crippen molar-refractivity contribution in [2.75, 3.05) is 0 Å². The molecule has 66 valence electrons. The molecular formula is C6H12Cl2NPS. The molecule has 1 fully saturated rings. The van der Waals surface area contributed by atoms with E-state index < -0.39 is 4.89 Å². The summed E-state index contributed by atoms with van der Waals surface area (Å²) in [7, 11) is 0. The van der Waals surface area contributed by atoms with Gasteiger partial charge < -0.3 is 0 Å². The molecule has 0 aromatic carbocycles. The molecule has 0 saturated heterocycles. The Balaban J connectivity index is 2.30. The molecule has 5 heteroatoms. The topological polar surface area (TPSA) is 12.0 Å². The van der Waals surface area contributed by atoms with Gasteiger partial charge in [0, 0.05) is 6.04 Å². The number of nitrogens with one attached hydrogen (secondary N) is 1. The van der Waals surface area contributed by atoms with E-state index in [2.05, 4.69) is 5.09 Å². The molecular weight excluding hydrogens is 220 g/mol. The molecule has 0 aromatic heterocycles. The van der Waals surface area contributed by atoms with Gasteiger partial charge in [-0.1, -0.05) is 41.7 Å². The Kier molecular flexibility index (Phi) is 4.14. The van der Waals surface area contributed by atoms with E-state index in [0.29, 0.717) is 6.04 Å². The zero-order chi connectivity index (χ0) is 8.32. The number of hydrogen-bond donors (Lipinski definition) is 1. The van der Waals surface area contributed by atoms with Gasteiger partial charge >= 0.3 is 0 Å². The van der Waals surface area contributed by atoms with Crippen molar-refractivity contribution in [2.24, 2.45) is 0 Å². The van der Waals surface area contributed by atoms with Gasteiger partial charge in [-0.25, -0.2) is 0 Å². The van der Waals surface area contributed by atoms with Crippen molar-refractivity contribution in [3.05, 3.63) is 0 Å². The van der Waals surface area contributed by atoms with Crippen LogP contribution in [0.15, 0.2) is 0 Å². The summed E-state index contributed by atoms with van der Waals surface area (Å²) in [5.41, 5.74) is 0. The fourth-order valence-corrected chi connectivity index (χ4v) is 3.40. The quantitative estimate of drug-likeness (QED) is 0.730. The molecule has 0 unspecified atom stereocenters. The highest BCUT2D eigenvalue weighted by atomic mass is 35.9. The van der Waals surface area contributed by atoms with Crippen LogP contribution in [0.5, 0.6) is 0 Å². The normalized spacial score (nSPS) is 22.0. The molecule has 0 atom stereocenters. The van der Waals surface area contributed by atoms with E-state index in [-0.39, 0.29) is 0 Å². The lowest BCUT2D eigenvalue weighted by atomic mass is 9.96. The van der Waals surface area contributed by atoms with E-state index in [1.54, 1.807) is 0 Å². The maximum absolute atomic E-state index is 5.75. The Bertz CT molecular complexity index is 164. The minimum Gasteiger partial charge on any atom is -0.262 e. The highest BCUT2D eigenvalue weighted by Crippen LogP contribution is 2.53. The molecule has 1 aliphatic carbocycles. The van der Waals surface area contributed by atoms with Gasteiger partial charge in [0.1, 0.15) is 0 Å². The van der Waals surface area contributed by atoms with E-state index in [4.69, 9.17) is 34.3 Å². The molecule has 0 aromatic rings. The van der Waals surface area contributed by atoms with E-state index >= 15 is 0 Å². The van der Waals surface area contributed by atoms with Crippen LogP contribution in [0.1, 0.15) is 32.1 Å². The Morgan fingerprint density at radius 3 is 2.18 bits per heavy atom. The first-order valence-corrected chi connectivity index (χ1v) is 8.46. The van der Waals surface area contributed by atoms with Crippen molar-refractivity contribution in [1.82, 2.24) is 5.09 Å².